The predicted molar refractivity (Wildman–Crippen MR) is 117 cm³/mol. The van der Waals surface area contributed by atoms with Gasteiger partial charge in [0.25, 0.3) is 11.2 Å². The lowest BCUT2D eigenvalue weighted by Gasteiger charge is -2.08. The van der Waals surface area contributed by atoms with Crippen molar-refractivity contribution in [3.8, 4) is 0 Å². The Labute approximate surface area is 187 Å². The van der Waals surface area contributed by atoms with Gasteiger partial charge in [-0.3, -0.25) is 24.3 Å². The van der Waals surface area contributed by atoms with Crippen LogP contribution in [0.3, 0.4) is 0 Å². The molecule has 0 saturated heterocycles. The fraction of sp³-hybridized carbons (Fsp3) is 0.286. The van der Waals surface area contributed by atoms with Gasteiger partial charge in [-0.05, 0) is 19.4 Å². The van der Waals surface area contributed by atoms with E-state index in [0.717, 1.165) is 11.1 Å². The van der Waals surface area contributed by atoms with Crippen LogP contribution in [0.5, 0.6) is 0 Å². The Morgan fingerprint density at radius 2 is 2.00 bits per heavy atom. The van der Waals surface area contributed by atoms with Gasteiger partial charge in [0.15, 0.2) is 5.65 Å². The van der Waals surface area contributed by atoms with Crippen molar-refractivity contribution in [3.05, 3.63) is 79.8 Å². The van der Waals surface area contributed by atoms with Gasteiger partial charge in [0.05, 0.1) is 36.3 Å². The molecule has 0 aliphatic carbocycles. The number of nitro groups is 1. The van der Waals surface area contributed by atoms with Gasteiger partial charge in [-0.25, -0.2) is 9.67 Å². The number of non-ortho nitro benzene ring substituents is 1. The summed E-state index contributed by atoms with van der Waals surface area (Å²) >= 11 is 0. The summed E-state index contributed by atoms with van der Waals surface area (Å²) in [6.45, 7) is 4.43. The van der Waals surface area contributed by atoms with Crippen LogP contribution >= 0.6 is 0 Å². The molecule has 3 aromatic heterocycles. The highest BCUT2D eigenvalue weighted by atomic mass is 16.6. The Morgan fingerprint density at radius 3 is 2.67 bits per heavy atom. The normalized spacial score (nSPS) is 11.1. The Bertz CT molecular complexity index is 1370. The summed E-state index contributed by atoms with van der Waals surface area (Å²) in [4.78, 5) is 39.7. The van der Waals surface area contributed by atoms with Gasteiger partial charge in [0.2, 0.25) is 5.91 Å². The van der Waals surface area contributed by atoms with Crippen molar-refractivity contribution in [1.29, 1.82) is 0 Å². The Kier molecular flexibility index (Phi) is 5.98. The number of nitrogens with zero attached hydrogens (tertiary/aromatic N) is 6. The number of carbonyl (C=O) groups is 1. The Hall–Kier alpha value is -4.35. The minimum absolute atomic E-state index is 0.0141. The molecule has 1 N–H and O–H groups in total. The number of amides is 1. The van der Waals surface area contributed by atoms with E-state index < -0.39 is 4.92 Å². The van der Waals surface area contributed by atoms with Gasteiger partial charge >= 0.3 is 0 Å². The first-order valence-corrected chi connectivity index (χ1v) is 10.2. The van der Waals surface area contributed by atoms with E-state index in [0.29, 0.717) is 35.6 Å². The summed E-state index contributed by atoms with van der Waals surface area (Å²) in [6.07, 6.45) is 3.04. The zero-order chi connectivity index (χ0) is 23.5. The van der Waals surface area contributed by atoms with Gasteiger partial charge < -0.3 is 9.84 Å². The molecule has 12 heteroatoms. The molecule has 0 saturated carbocycles. The zero-order valence-electron chi connectivity index (χ0n) is 18.0. The molecule has 0 unspecified atom stereocenters. The highest BCUT2D eigenvalue weighted by molar-refractivity contribution is 5.79. The molecular weight excluding hydrogens is 430 g/mol. The number of hydrogen-bond acceptors (Lipinski definition) is 8. The molecule has 12 nitrogen and oxygen atoms in total. The number of hydrogen-bond donors (Lipinski definition) is 1. The second kappa shape index (κ2) is 9.02. The molecule has 170 valence electrons. The third-order valence-corrected chi connectivity index (χ3v) is 5.29. The van der Waals surface area contributed by atoms with E-state index in [1.165, 1.54) is 29.2 Å². The van der Waals surface area contributed by atoms with Crippen molar-refractivity contribution >= 4 is 22.6 Å². The number of aromatic nitrogens is 5. The minimum Gasteiger partial charge on any atom is -0.361 e. The van der Waals surface area contributed by atoms with Crippen LogP contribution in [0.4, 0.5) is 5.69 Å². The summed E-state index contributed by atoms with van der Waals surface area (Å²) in [5, 5.41) is 22.0. The first-order chi connectivity index (χ1) is 15.8. The molecule has 0 spiro atoms. The summed E-state index contributed by atoms with van der Waals surface area (Å²) in [6, 6.07) is 5.99. The van der Waals surface area contributed by atoms with Crippen molar-refractivity contribution in [3.63, 3.8) is 0 Å². The third kappa shape index (κ3) is 4.63. The monoisotopic (exact) mass is 451 g/mol. The second-order valence-electron chi connectivity index (χ2n) is 7.54. The Morgan fingerprint density at radius 1 is 1.24 bits per heavy atom. The molecule has 4 aromatic rings. The van der Waals surface area contributed by atoms with E-state index in [4.69, 9.17) is 4.52 Å². The topological polar surface area (TPSA) is 151 Å². The lowest BCUT2D eigenvalue weighted by Crippen LogP contribution is -2.29. The molecule has 33 heavy (non-hydrogen) atoms. The quantitative estimate of drug-likeness (QED) is 0.313. The molecule has 1 aromatic carbocycles. The minimum atomic E-state index is -0.475. The van der Waals surface area contributed by atoms with Crippen molar-refractivity contribution in [2.75, 3.05) is 6.54 Å². The maximum atomic E-state index is 12.8. The highest BCUT2D eigenvalue weighted by Gasteiger charge is 2.14. The molecule has 0 aliphatic heterocycles. The summed E-state index contributed by atoms with van der Waals surface area (Å²) in [5.74, 6) is 0.453. The average molecular weight is 451 g/mol. The van der Waals surface area contributed by atoms with E-state index >= 15 is 0 Å². The molecule has 0 aliphatic rings. The summed E-state index contributed by atoms with van der Waals surface area (Å²) in [5.41, 5.74) is 2.33. The van der Waals surface area contributed by atoms with E-state index in [1.54, 1.807) is 30.7 Å². The van der Waals surface area contributed by atoms with Gasteiger partial charge in [-0.15, -0.1) is 0 Å². The average Bonchev–Trinajstić information content (AvgIpc) is 3.35. The van der Waals surface area contributed by atoms with Gasteiger partial charge in [-0.1, -0.05) is 17.3 Å². The van der Waals surface area contributed by atoms with Crippen LogP contribution in [-0.2, 0) is 24.3 Å². The lowest BCUT2D eigenvalue weighted by atomic mass is 10.1. The fourth-order valence-electron chi connectivity index (χ4n) is 3.47. The summed E-state index contributed by atoms with van der Waals surface area (Å²) < 4.78 is 8.05. The van der Waals surface area contributed by atoms with Crippen molar-refractivity contribution in [1.82, 2.24) is 29.8 Å². The van der Waals surface area contributed by atoms with E-state index in [-0.39, 0.29) is 30.1 Å². The van der Waals surface area contributed by atoms with Gasteiger partial charge in [0.1, 0.15) is 17.5 Å². The van der Waals surface area contributed by atoms with Crippen LogP contribution < -0.4 is 10.9 Å². The molecular formula is C21H21N7O5. The number of fused-ring (bicyclic) bond motifs is 1. The van der Waals surface area contributed by atoms with Crippen molar-refractivity contribution in [2.45, 2.75) is 33.4 Å². The number of aryl methyl sites for hydroxylation is 2. The maximum absolute atomic E-state index is 12.8. The van der Waals surface area contributed by atoms with E-state index in [2.05, 4.69) is 20.6 Å². The van der Waals surface area contributed by atoms with Crippen LogP contribution in [0.1, 0.15) is 22.6 Å². The Balaban J connectivity index is 1.41. The van der Waals surface area contributed by atoms with Crippen LogP contribution in [0.25, 0.3) is 11.0 Å². The number of nitrogens with one attached hydrogen (secondary N) is 1. The van der Waals surface area contributed by atoms with Gasteiger partial charge in [-0.2, -0.15) is 5.10 Å². The molecule has 1 amide bonds. The number of nitro benzene ring substituents is 1. The molecule has 0 bridgehead atoms. The lowest BCUT2D eigenvalue weighted by molar-refractivity contribution is -0.384. The zero-order valence-corrected chi connectivity index (χ0v) is 18.0. The van der Waals surface area contributed by atoms with Crippen LogP contribution in [-0.4, -0.2) is 41.9 Å². The first kappa shape index (κ1) is 21.9. The smallest absolute Gasteiger partial charge is 0.269 e. The SMILES string of the molecule is Cc1noc(C)c1CC(=O)NCCn1ncc2c(=O)n(Cc3ccc([N+](=O)[O-])cc3)cnc21. The largest absolute Gasteiger partial charge is 0.361 e. The van der Waals surface area contributed by atoms with Crippen LogP contribution in [0.2, 0.25) is 0 Å². The fourth-order valence-corrected chi connectivity index (χ4v) is 3.47. The van der Waals surface area contributed by atoms with Crippen molar-refractivity contribution < 1.29 is 14.2 Å². The third-order valence-electron chi connectivity index (χ3n) is 5.29. The highest BCUT2D eigenvalue weighted by Crippen LogP contribution is 2.14. The standard InChI is InChI=1S/C21H21N7O5/c1-13-17(14(2)33-25-13)9-19(29)22-7-8-27-20-18(10-24-27)21(30)26(12-23-20)11-15-3-5-16(6-4-15)28(31)32/h3-6,10,12H,7-9,11H2,1-2H3,(H,22,29). The predicted octanol–water partition coefficient (Wildman–Crippen LogP) is 1.51. The maximum Gasteiger partial charge on any atom is 0.269 e. The first-order valence-electron chi connectivity index (χ1n) is 10.2. The van der Waals surface area contributed by atoms with Crippen LogP contribution in [0, 0.1) is 24.0 Å². The molecule has 3 heterocycles. The molecule has 0 atom stereocenters. The summed E-state index contributed by atoms with van der Waals surface area (Å²) in [7, 11) is 0. The second-order valence-corrected chi connectivity index (χ2v) is 7.54. The molecule has 0 fully saturated rings. The van der Waals surface area contributed by atoms with Crippen LogP contribution in [0.15, 0.2) is 46.1 Å². The number of carbonyl (C=O) groups excluding carboxylic acids is 1. The van der Waals surface area contributed by atoms with Gasteiger partial charge in [0, 0.05) is 24.2 Å². The van der Waals surface area contributed by atoms with E-state index in [9.17, 15) is 19.7 Å². The number of rotatable bonds is 8. The molecule has 0 radical (unpaired) electrons. The van der Waals surface area contributed by atoms with Crippen molar-refractivity contribution in [2.24, 2.45) is 0 Å². The molecule has 4 rings (SSSR count). The number of benzene rings is 1. The van der Waals surface area contributed by atoms with E-state index in [1.807, 2.05) is 0 Å².